The highest BCUT2D eigenvalue weighted by molar-refractivity contribution is 5.83. The lowest BCUT2D eigenvalue weighted by Crippen LogP contribution is -2.31. The molecule has 3 heteroatoms. The van der Waals surface area contributed by atoms with Crippen molar-refractivity contribution in [3.05, 3.63) is 48.2 Å². The van der Waals surface area contributed by atoms with E-state index >= 15 is 0 Å². The molecule has 102 valence electrons. The van der Waals surface area contributed by atoms with Gasteiger partial charge in [0.15, 0.2) is 5.79 Å². The van der Waals surface area contributed by atoms with E-state index in [1.54, 1.807) is 0 Å². The zero-order valence-electron chi connectivity index (χ0n) is 11.3. The van der Waals surface area contributed by atoms with Gasteiger partial charge in [-0.05, 0) is 35.8 Å². The Bertz CT molecular complexity index is 671. The number of ether oxygens (including phenoxy) is 2. The van der Waals surface area contributed by atoms with Crippen LogP contribution in [-0.4, -0.2) is 24.0 Å². The van der Waals surface area contributed by atoms with E-state index in [0.717, 1.165) is 38.0 Å². The van der Waals surface area contributed by atoms with Gasteiger partial charge >= 0.3 is 0 Å². The lowest BCUT2D eigenvalue weighted by atomic mass is 9.89. The normalized spacial score (nSPS) is 21.3. The van der Waals surface area contributed by atoms with E-state index in [1.165, 1.54) is 16.5 Å². The molecule has 1 aliphatic carbocycles. The van der Waals surface area contributed by atoms with Crippen molar-refractivity contribution in [2.24, 2.45) is 0 Å². The molecule has 3 nitrogen and oxygen atoms in total. The average molecular weight is 267 g/mol. The smallest absolute Gasteiger partial charge is 0.172 e. The topological polar surface area (TPSA) is 31.4 Å². The van der Waals surface area contributed by atoms with E-state index in [0.29, 0.717) is 0 Å². The van der Waals surface area contributed by atoms with Crippen LogP contribution >= 0.6 is 0 Å². The molecule has 1 aromatic heterocycles. The van der Waals surface area contributed by atoms with Crippen LogP contribution < -0.4 is 0 Å². The Morgan fingerprint density at radius 2 is 2.00 bits per heavy atom. The fourth-order valence-electron chi connectivity index (χ4n) is 3.10. The van der Waals surface area contributed by atoms with Crippen molar-refractivity contribution in [1.82, 2.24) is 4.98 Å². The lowest BCUT2D eigenvalue weighted by Gasteiger charge is -2.30. The van der Waals surface area contributed by atoms with Crippen molar-refractivity contribution in [3.8, 4) is 0 Å². The summed E-state index contributed by atoms with van der Waals surface area (Å²) in [6.45, 7) is 1.45. The third-order valence-electron chi connectivity index (χ3n) is 4.22. The molecule has 0 atom stereocenters. The number of pyridine rings is 1. The molecule has 2 aliphatic rings. The van der Waals surface area contributed by atoms with E-state index in [-0.39, 0.29) is 5.79 Å². The molecule has 0 N–H and O–H groups in total. The summed E-state index contributed by atoms with van der Waals surface area (Å²) in [4.78, 5) is 4.37. The third-order valence-corrected chi connectivity index (χ3v) is 4.22. The third kappa shape index (κ3) is 2.03. The van der Waals surface area contributed by atoms with E-state index in [9.17, 15) is 0 Å². The van der Waals surface area contributed by atoms with Crippen LogP contribution in [0.4, 0.5) is 0 Å². The number of aromatic nitrogens is 1. The van der Waals surface area contributed by atoms with Gasteiger partial charge in [-0.25, -0.2) is 0 Å². The van der Waals surface area contributed by atoms with Gasteiger partial charge in [-0.15, -0.1) is 0 Å². The summed E-state index contributed by atoms with van der Waals surface area (Å²) in [5, 5.41) is 1.19. The maximum absolute atomic E-state index is 5.76. The second-order valence-corrected chi connectivity index (χ2v) is 5.45. The zero-order valence-corrected chi connectivity index (χ0v) is 11.3. The summed E-state index contributed by atoms with van der Waals surface area (Å²) in [7, 11) is 0. The maximum Gasteiger partial charge on any atom is 0.172 e. The minimum absolute atomic E-state index is 0.331. The molecule has 1 aromatic carbocycles. The molecule has 0 saturated carbocycles. The first-order valence-corrected chi connectivity index (χ1v) is 7.17. The van der Waals surface area contributed by atoms with Crippen LogP contribution in [0, 0.1) is 0 Å². The standard InChI is InChI=1S/C17H17NO2/c1-2-15-12-14(3-4-16(15)18-9-1)13-5-7-17(8-6-13)19-10-11-20-17/h1-5,9,12H,6-8,10-11H2. The van der Waals surface area contributed by atoms with Crippen LogP contribution in [0.25, 0.3) is 16.5 Å². The Hall–Kier alpha value is -1.71. The van der Waals surface area contributed by atoms with Gasteiger partial charge < -0.3 is 9.47 Å². The number of nitrogens with zero attached hydrogens (tertiary/aromatic N) is 1. The first-order chi connectivity index (χ1) is 9.85. The van der Waals surface area contributed by atoms with Crippen LogP contribution in [0.3, 0.4) is 0 Å². The predicted molar refractivity (Wildman–Crippen MR) is 78.2 cm³/mol. The molecule has 4 rings (SSSR count). The number of fused-ring (bicyclic) bond motifs is 1. The molecule has 20 heavy (non-hydrogen) atoms. The Labute approximate surface area is 118 Å². The van der Waals surface area contributed by atoms with Crippen LogP contribution in [-0.2, 0) is 9.47 Å². The minimum atomic E-state index is -0.331. The highest BCUT2D eigenvalue weighted by Crippen LogP contribution is 2.38. The van der Waals surface area contributed by atoms with Gasteiger partial charge in [0.05, 0.1) is 18.7 Å². The second kappa shape index (κ2) is 4.69. The number of rotatable bonds is 1. The monoisotopic (exact) mass is 267 g/mol. The molecule has 0 amide bonds. The highest BCUT2D eigenvalue weighted by atomic mass is 16.7. The summed E-state index contributed by atoms with van der Waals surface area (Å²) < 4.78 is 11.5. The summed E-state index contributed by atoms with van der Waals surface area (Å²) in [6.07, 6.45) is 6.91. The molecule has 2 heterocycles. The van der Waals surface area contributed by atoms with Gasteiger partial charge in [0.1, 0.15) is 0 Å². The van der Waals surface area contributed by atoms with Crippen molar-refractivity contribution in [3.63, 3.8) is 0 Å². The second-order valence-electron chi connectivity index (χ2n) is 5.45. The Balaban J connectivity index is 1.64. The lowest BCUT2D eigenvalue weighted by molar-refractivity contribution is -0.159. The minimum Gasteiger partial charge on any atom is -0.347 e. The van der Waals surface area contributed by atoms with Gasteiger partial charge in [-0.3, -0.25) is 4.98 Å². The van der Waals surface area contributed by atoms with E-state index < -0.39 is 0 Å². The first kappa shape index (κ1) is 12.1. The van der Waals surface area contributed by atoms with Crippen molar-refractivity contribution >= 4 is 16.5 Å². The summed E-state index contributed by atoms with van der Waals surface area (Å²) >= 11 is 0. The number of allylic oxidation sites excluding steroid dienone is 1. The number of hydrogen-bond donors (Lipinski definition) is 0. The van der Waals surface area contributed by atoms with Gasteiger partial charge in [0.25, 0.3) is 0 Å². The van der Waals surface area contributed by atoms with Crippen LogP contribution in [0.5, 0.6) is 0 Å². The number of hydrogen-bond acceptors (Lipinski definition) is 3. The van der Waals surface area contributed by atoms with Crippen molar-refractivity contribution in [1.29, 1.82) is 0 Å². The Kier molecular flexibility index (Phi) is 2.83. The van der Waals surface area contributed by atoms with Crippen molar-refractivity contribution in [2.75, 3.05) is 13.2 Å². The van der Waals surface area contributed by atoms with Gasteiger partial charge in [-0.1, -0.05) is 18.2 Å². The van der Waals surface area contributed by atoms with Crippen LogP contribution in [0.2, 0.25) is 0 Å². The van der Waals surface area contributed by atoms with Gasteiger partial charge in [0.2, 0.25) is 0 Å². The maximum atomic E-state index is 5.76. The van der Waals surface area contributed by atoms with Crippen LogP contribution in [0.15, 0.2) is 42.6 Å². The first-order valence-electron chi connectivity index (χ1n) is 7.17. The molecule has 0 unspecified atom stereocenters. The van der Waals surface area contributed by atoms with E-state index in [4.69, 9.17) is 9.47 Å². The summed E-state index contributed by atoms with van der Waals surface area (Å²) in [6, 6.07) is 10.6. The fraction of sp³-hybridized carbons (Fsp3) is 0.353. The molecule has 1 aliphatic heterocycles. The van der Waals surface area contributed by atoms with Gasteiger partial charge in [-0.2, -0.15) is 0 Å². The molecule has 1 fully saturated rings. The molecule has 1 saturated heterocycles. The van der Waals surface area contributed by atoms with Crippen LogP contribution in [0.1, 0.15) is 24.8 Å². The van der Waals surface area contributed by atoms with Crippen molar-refractivity contribution < 1.29 is 9.47 Å². The summed E-state index contributed by atoms with van der Waals surface area (Å²) in [5.41, 5.74) is 3.73. The highest BCUT2D eigenvalue weighted by Gasteiger charge is 2.37. The SMILES string of the molecule is C1=C(c2ccc3ncccc3c2)CCC2(C1)OCCO2. The fourth-order valence-corrected chi connectivity index (χ4v) is 3.10. The molecule has 2 aromatic rings. The quantitative estimate of drug-likeness (QED) is 0.792. The molecule has 0 bridgehead atoms. The Morgan fingerprint density at radius 3 is 2.80 bits per heavy atom. The van der Waals surface area contributed by atoms with Gasteiger partial charge in [0, 0.05) is 24.4 Å². The predicted octanol–water partition coefficient (Wildman–Crippen LogP) is 3.55. The summed E-state index contributed by atoms with van der Waals surface area (Å²) in [5.74, 6) is -0.331. The molecular weight excluding hydrogens is 250 g/mol. The van der Waals surface area contributed by atoms with E-state index in [2.05, 4.69) is 35.3 Å². The average Bonchev–Trinajstić information content (AvgIpc) is 2.96. The molecule has 1 spiro atoms. The Morgan fingerprint density at radius 1 is 1.10 bits per heavy atom. The zero-order chi connectivity index (χ0) is 13.4. The number of benzene rings is 1. The van der Waals surface area contributed by atoms with E-state index in [1.807, 2.05) is 12.3 Å². The largest absolute Gasteiger partial charge is 0.347 e. The molecular formula is C17H17NO2. The molecule has 0 radical (unpaired) electrons. The van der Waals surface area contributed by atoms with Crippen molar-refractivity contribution in [2.45, 2.75) is 25.0 Å².